The Bertz CT molecular complexity index is 601. The molecule has 0 saturated carbocycles. The van der Waals surface area contributed by atoms with Crippen molar-refractivity contribution in [3.05, 3.63) is 24.3 Å². The summed E-state index contributed by atoms with van der Waals surface area (Å²) < 4.78 is 13.0. The summed E-state index contributed by atoms with van der Waals surface area (Å²) in [5.74, 6) is -0.315. The molecule has 0 aromatic carbocycles. The fourth-order valence-corrected chi connectivity index (χ4v) is 6.14. The molecule has 2 atom stereocenters. The topological polar surface area (TPSA) is 21.7 Å². The van der Waals surface area contributed by atoms with Gasteiger partial charge in [0.1, 0.15) is 0 Å². The van der Waals surface area contributed by atoms with Crippen LogP contribution in [0.4, 0.5) is 0 Å². The molecule has 0 amide bonds. The third-order valence-electron chi connectivity index (χ3n) is 8.68. The normalized spacial score (nSPS) is 19.5. The van der Waals surface area contributed by atoms with Crippen molar-refractivity contribution in [2.24, 2.45) is 0 Å². The molecule has 0 aromatic rings. The van der Waals surface area contributed by atoms with Crippen LogP contribution in [0.25, 0.3) is 0 Å². The lowest BCUT2D eigenvalue weighted by molar-refractivity contribution is -0.180. The summed E-state index contributed by atoms with van der Waals surface area (Å²) in [5.41, 5.74) is 0. The lowest BCUT2D eigenvalue weighted by Crippen LogP contribution is -2.33. The van der Waals surface area contributed by atoms with Crippen LogP contribution in [-0.4, -0.2) is 44.0 Å². The first kappa shape index (κ1) is 38.4. The molecule has 1 rings (SSSR count). The van der Waals surface area contributed by atoms with E-state index in [0.717, 1.165) is 26.0 Å². The number of hydrogen-bond donors (Lipinski definition) is 0. The molecule has 0 spiro atoms. The number of ether oxygens (including phenoxy) is 2. The van der Waals surface area contributed by atoms with E-state index >= 15 is 0 Å². The smallest absolute Gasteiger partial charge is 0.168 e. The van der Waals surface area contributed by atoms with E-state index in [4.69, 9.17) is 9.47 Å². The van der Waals surface area contributed by atoms with Crippen LogP contribution >= 0.6 is 0 Å². The summed E-state index contributed by atoms with van der Waals surface area (Å²) in [6.45, 7) is 6.29. The molecule has 0 radical (unpaired) electrons. The first-order chi connectivity index (χ1) is 20.1. The Morgan fingerprint density at radius 3 is 1.41 bits per heavy atom. The maximum atomic E-state index is 6.61. The third kappa shape index (κ3) is 23.5. The molecule has 3 nitrogen and oxygen atoms in total. The van der Waals surface area contributed by atoms with E-state index in [0.29, 0.717) is 0 Å². The zero-order valence-corrected chi connectivity index (χ0v) is 28.4. The summed E-state index contributed by atoms with van der Waals surface area (Å²) in [7, 11) is 4.27. The molecule has 242 valence electrons. The van der Waals surface area contributed by atoms with Gasteiger partial charge in [0.25, 0.3) is 0 Å². The second-order valence-electron chi connectivity index (χ2n) is 13.2. The Labute approximate surface area is 258 Å². The fourth-order valence-electron chi connectivity index (χ4n) is 6.14. The van der Waals surface area contributed by atoms with Gasteiger partial charge >= 0.3 is 0 Å². The van der Waals surface area contributed by atoms with E-state index in [2.05, 4.69) is 57.1 Å². The van der Waals surface area contributed by atoms with Crippen LogP contribution in [0.3, 0.4) is 0 Å². The molecule has 1 aliphatic rings. The minimum Gasteiger partial charge on any atom is -0.347 e. The van der Waals surface area contributed by atoms with Gasteiger partial charge in [-0.3, -0.25) is 0 Å². The quantitative estimate of drug-likeness (QED) is 0.0628. The molecule has 0 aliphatic carbocycles. The van der Waals surface area contributed by atoms with Crippen LogP contribution in [0.15, 0.2) is 24.3 Å². The van der Waals surface area contributed by atoms with Gasteiger partial charge in [-0.1, -0.05) is 154 Å². The minimum atomic E-state index is -0.315. The van der Waals surface area contributed by atoms with E-state index in [-0.39, 0.29) is 11.9 Å². The highest BCUT2D eigenvalue weighted by Gasteiger charge is 2.40. The van der Waals surface area contributed by atoms with Crippen molar-refractivity contribution >= 4 is 0 Å². The van der Waals surface area contributed by atoms with Crippen molar-refractivity contribution in [3.63, 3.8) is 0 Å². The van der Waals surface area contributed by atoms with Crippen LogP contribution in [0.5, 0.6) is 0 Å². The van der Waals surface area contributed by atoms with Gasteiger partial charge in [0.15, 0.2) is 5.79 Å². The van der Waals surface area contributed by atoms with Crippen LogP contribution in [-0.2, 0) is 9.47 Å². The molecule has 41 heavy (non-hydrogen) atoms. The van der Waals surface area contributed by atoms with Gasteiger partial charge in [0.2, 0.25) is 0 Å². The largest absolute Gasteiger partial charge is 0.347 e. The van der Waals surface area contributed by atoms with Crippen molar-refractivity contribution in [2.75, 3.05) is 27.2 Å². The maximum absolute atomic E-state index is 6.61. The standard InChI is InChI=1S/C38H73NO2/c1-5-7-9-11-13-15-17-19-21-23-25-27-29-31-33-38(40-36-37(41-38)35-39(3)4)34-32-30-28-26-24-22-20-18-16-14-12-10-8-6-2/h13,15,17,19,37H,5-12,14,16,18,20-36H2,1-4H3/b15-13-,19-17-/t37-,38-/m0/s1. The Balaban J connectivity index is 2.13. The van der Waals surface area contributed by atoms with Gasteiger partial charge < -0.3 is 14.4 Å². The van der Waals surface area contributed by atoms with E-state index in [1.165, 1.54) is 154 Å². The predicted octanol–water partition coefficient (Wildman–Crippen LogP) is 12.0. The summed E-state index contributed by atoms with van der Waals surface area (Å²) >= 11 is 0. The SMILES string of the molecule is CCCCC/C=C\C=C/CCCCCCC[C@]1(CCCCCCCCCCCCCCCC)OC[C@H](CN(C)C)O1. The van der Waals surface area contributed by atoms with Crippen LogP contribution in [0.2, 0.25) is 0 Å². The van der Waals surface area contributed by atoms with Crippen molar-refractivity contribution in [1.29, 1.82) is 0 Å². The number of unbranched alkanes of at least 4 members (excludes halogenated alkanes) is 21. The van der Waals surface area contributed by atoms with Crippen molar-refractivity contribution in [3.8, 4) is 0 Å². The molecule has 0 N–H and O–H groups in total. The van der Waals surface area contributed by atoms with Crippen molar-refractivity contribution in [2.45, 2.75) is 193 Å². The maximum Gasteiger partial charge on any atom is 0.168 e. The molecule has 0 bridgehead atoms. The molecule has 1 aliphatic heterocycles. The Morgan fingerprint density at radius 2 is 0.951 bits per heavy atom. The lowest BCUT2D eigenvalue weighted by atomic mass is 9.98. The summed E-state index contributed by atoms with van der Waals surface area (Å²) in [4.78, 5) is 2.23. The van der Waals surface area contributed by atoms with E-state index in [1.54, 1.807) is 0 Å². The van der Waals surface area contributed by atoms with Crippen molar-refractivity contribution < 1.29 is 9.47 Å². The minimum absolute atomic E-state index is 0.226. The molecule has 3 heteroatoms. The Hall–Kier alpha value is -0.640. The number of nitrogens with zero attached hydrogens (tertiary/aromatic N) is 1. The first-order valence-corrected chi connectivity index (χ1v) is 18.4. The van der Waals surface area contributed by atoms with Gasteiger partial charge in [0.05, 0.1) is 12.7 Å². The number of likely N-dealkylation sites (N-methyl/N-ethyl adjacent to an activating group) is 1. The number of allylic oxidation sites excluding steroid dienone is 4. The zero-order chi connectivity index (χ0) is 29.7. The Morgan fingerprint density at radius 1 is 0.561 bits per heavy atom. The number of hydrogen-bond acceptors (Lipinski definition) is 3. The number of rotatable bonds is 30. The predicted molar refractivity (Wildman–Crippen MR) is 182 cm³/mol. The second-order valence-corrected chi connectivity index (χ2v) is 13.2. The molecule has 0 unspecified atom stereocenters. The molecule has 0 aromatic heterocycles. The van der Waals surface area contributed by atoms with Gasteiger partial charge in [-0.05, 0) is 52.6 Å². The average molecular weight is 576 g/mol. The van der Waals surface area contributed by atoms with Gasteiger partial charge in [0, 0.05) is 19.4 Å². The monoisotopic (exact) mass is 576 g/mol. The fraction of sp³-hybridized carbons (Fsp3) is 0.895. The van der Waals surface area contributed by atoms with Crippen LogP contribution in [0, 0.1) is 0 Å². The summed E-state index contributed by atoms with van der Waals surface area (Å²) in [6, 6.07) is 0. The van der Waals surface area contributed by atoms with Crippen LogP contribution in [0.1, 0.15) is 181 Å². The molecule has 1 fully saturated rings. The first-order valence-electron chi connectivity index (χ1n) is 18.4. The van der Waals surface area contributed by atoms with Gasteiger partial charge in [-0.25, -0.2) is 0 Å². The second kappa shape index (κ2) is 28.1. The lowest BCUT2D eigenvalue weighted by Gasteiger charge is -2.29. The van der Waals surface area contributed by atoms with E-state index < -0.39 is 0 Å². The highest BCUT2D eigenvalue weighted by Crippen LogP contribution is 2.35. The molecule has 1 saturated heterocycles. The van der Waals surface area contributed by atoms with E-state index in [9.17, 15) is 0 Å². The molecular formula is C38H73NO2. The van der Waals surface area contributed by atoms with E-state index in [1.807, 2.05) is 0 Å². The molecular weight excluding hydrogens is 502 g/mol. The molecule has 1 heterocycles. The van der Waals surface area contributed by atoms with Gasteiger partial charge in [-0.15, -0.1) is 0 Å². The highest BCUT2D eigenvalue weighted by atomic mass is 16.7. The zero-order valence-electron chi connectivity index (χ0n) is 28.4. The third-order valence-corrected chi connectivity index (χ3v) is 8.68. The van der Waals surface area contributed by atoms with Crippen molar-refractivity contribution in [1.82, 2.24) is 4.90 Å². The summed E-state index contributed by atoms with van der Waals surface area (Å²) in [6.07, 6.45) is 44.1. The highest BCUT2D eigenvalue weighted by molar-refractivity contribution is 5.02. The van der Waals surface area contributed by atoms with Crippen LogP contribution < -0.4 is 0 Å². The Kier molecular flexibility index (Phi) is 26.4. The van der Waals surface area contributed by atoms with Gasteiger partial charge in [-0.2, -0.15) is 0 Å². The average Bonchev–Trinajstić information content (AvgIpc) is 3.35. The summed E-state index contributed by atoms with van der Waals surface area (Å²) in [5, 5.41) is 0.